The first-order valence-corrected chi connectivity index (χ1v) is 7.88. The lowest BCUT2D eigenvalue weighted by atomic mass is 10.2. The Labute approximate surface area is 144 Å². The maximum Gasteiger partial charge on any atom is 0.224 e. The van der Waals surface area contributed by atoms with Crippen LogP contribution < -0.4 is 16.4 Å². The van der Waals surface area contributed by atoms with Gasteiger partial charge in [-0.1, -0.05) is 11.6 Å². The topological polar surface area (TPSA) is 107 Å². The average Bonchev–Trinajstić information content (AvgIpc) is 2.53. The van der Waals surface area contributed by atoms with Gasteiger partial charge in [0.25, 0.3) is 0 Å². The van der Waals surface area contributed by atoms with Crippen LogP contribution >= 0.6 is 11.6 Å². The van der Waals surface area contributed by atoms with Crippen molar-refractivity contribution in [3.05, 3.63) is 41.2 Å². The maximum absolute atomic E-state index is 5.97. The number of nitrogen functional groups attached to an aromatic ring is 2. The molecule has 124 valence electrons. The molecule has 0 atom stereocenters. The fourth-order valence-electron chi connectivity index (χ4n) is 2.44. The van der Waals surface area contributed by atoms with Gasteiger partial charge in [0, 0.05) is 16.8 Å². The Morgan fingerprint density at radius 3 is 2.46 bits per heavy atom. The van der Waals surface area contributed by atoms with Crippen LogP contribution in [0.25, 0.3) is 11.2 Å². The number of nitrogens with zero attached hydrogens (tertiary/aromatic N) is 5. The second kappa shape index (κ2) is 6.45. The summed E-state index contributed by atoms with van der Waals surface area (Å²) >= 11 is 5.97. The van der Waals surface area contributed by atoms with Crippen LogP contribution in [0.2, 0.25) is 5.02 Å². The molecule has 0 aliphatic heterocycles. The van der Waals surface area contributed by atoms with Gasteiger partial charge in [-0.05, 0) is 38.1 Å². The van der Waals surface area contributed by atoms with Crippen molar-refractivity contribution in [1.82, 2.24) is 19.9 Å². The zero-order valence-electron chi connectivity index (χ0n) is 13.4. The highest BCUT2D eigenvalue weighted by Gasteiger charge is 2.14. The lowest BCUT2D eigenvalue weighted by molar-refractivity contribution is 0.673. The van der Waals surface area contributed by atoms with E-state index in [-0.39, 0.29) is 17.8 Å². The maximum atomic E-state index is 5.97. The zero-order valence-corrected chi connectivity index (χ0v) is 14.2. The first-order valence-electron chi connectivity index (χ1n) is 7.51. The van der Waals surface area contributed by atoms with E-state index in [0.29, 0.717) is 22.7 Å². The van der Waals surface area contributed by atoms with Crippen molar-refractivity contribution in [3.8, 4) is 0 Å². The van der Waals surface area contributed by atoms with Crippen molar-refractivity contribution in [3.63, 3.8) is 0 Å². The van der Waals surface area contributed by atoms with Crippen LogP contribution in [0.3, 0.4) is 0 Å². The van der Waals surface area contributed by atoms with Crippen LogP contribution in [-0.4, -0.2) is 26.0 Å². The first-order chi connectivity index (χ1) is 11.4. The Morgan fingerprint density at radius 1 is 1.08 bits per heavy atom. The summed E-state index contributed by atoms with van der Waals surface area (Å²) in [5.41, 5.74) is 14.1. The van der Waals surface area contributed by atoms with E-state index >= 15 is 0 Å². The molecule has 1 aromatic carbocycles. The molecule has 3 rings (SSSR count). The summed E-state index contributed by atoms with van der Waals surface area (Å²) in [5, 5.41) is 0.704. The highest BCUT2D eigenvalue weighted by Crippen LogP contribution is 2.23. The molecule has 2 aromatic heterocycles. The van der Waals surface area contributed by atoms with E-state index in [1.54, 1.807) is 6.20 Å². The Bertz CT molecular complexity index is 864. The van der Waals surface area contributed by atoms with Crippen LogP contribution in [0.1, 0.15) is 19.5 Å². The number of halogens is 1. The van der Waals surface area contributed by atoms with E-state index < -0.39 is 0 Å². The van der Waals surface area contributed by atoms with E-state index in [9.17, 15) is 0 Å². The Morgan fingerprint density at radius 2 is 1.79 bits per heavy atom. The first kappa shape index (κ1) is 16.2. The molecule has 0 saturated carbocycles. The number of hydrogen-bond acceptors (Lipinski definition) is 7. The predicted molar refractivity (Wildman–Crippen MR) is 96.7 cm³/mol. The second-order valence-electron chi connectivity index (χ2n) is 5.70. The van der Waals surface area contributed by atoms with Gasteiger partial charge in [-0.2, -0.15) is 9.97 Å². The molecule has 0 aliphatic carbocycles. The highest BCUT2D eigenvalue weighted by molar-refractivity contribution is 6.30. The molecular formula is C16H18ClN7. The van der Waals surface area contributed by atoms with Crippen molar-refractivity contribution in [2.75, 3.05) is 16.4 Å². The molecule has 0 spiro atoms. The molecule has 0 radical (unpaired) electrons. The zero-order chi connectivity index (χ0) is 17.3. The van der Waals surface area contributed by atoms with Crippen molar-refractivity contribution in [2.45, 2.75) is 26.4 Å². The van der Waals surface area contributed by atoms with Gasteiger partial charge in [0.15, 0.2) is 17.0 Å². The van der Waals surface area contributed by atoms with Crippen molar-refractivity contribution in [1.29, 1.82) is 0 Å². The number of rotatable bonds is 4. The smallest absolute Gasteiger partial charge is 0.224 e. The minimum Gasteiger partial charge on any atom is -0.382 e. The lowest BCUT2D eigenvalue weighted by Crippen LogP contribution is -2.30. The molecule has 0 saturated heterocycles. The van der Waals surface area contributed by atoms with Gasteiger partial charge in [-0.25, -0.2) is 9.97 Å². The van der Waals surface area contributed by atoms with E-state index in [0.717, 1.165) is 11.4 Å². The standard InChI is InChI=1S/C16H18ClN7/c1-9(2)24(12-5-3-10(17)4-6-12)8-11-7-20-15-13(21-11)14(18)22-16(19)23-15/h3-7,9H,8H2,1-2H3,(H4,18,19,20,22,23). The fraction of sp³-hybridized carbons (Fsp3) is 0.250. The normalized spacial score (nSPS) is 11.2. The quantitative estimate of drug-likeness (QED) is 0.749. The summed E-state index contributed by atoms with van der Waals surface area (Å²) in [4.78, 5) is 19.0. The average molecular weight is 344 g/mol. The fourth-order valence-corrected chi connectivity index (χ4v) is 2.56. The van der Waals surface area contributed by atoms with Crippen molar-refractivity contribution < 1.29 is 0 Å². The summed E-state index contributed by atoms with van der Waals surface area (Å²) in [7, 11) is 0. The van der Waals surface area contributed by atoms with E-state index in [1.807, 2.05) is 24.3 Å². The van der Waals surface area contributed by atoms with Crippen molar-refractivity contribution >= 4 is 40.2 Å². The number of benzene rings is 1. The molecule has 0 unspecified atom stereocenters. The molecule has 0 fully saturated rings. The SMILES string of the molecule is CC(C)N(Cc1cnc2nc(N)nc(N)c2n1)c1ccc(Cl)cc1. The molecule has 24 heavy (non-hydrogen) atoms. The van der Waals surface area contributed by atoms with Crippen LogP contribution in [-0.2, 0) is 6.54 Å². The minimum atomic E-state index is 0.0898. The van der Waals surface area contributed by atoms with Gasteiger partial charge in [-0.15, -0.1) is 0 Å². The van der Waals surface area contributed by atoms with Gasteiger partial charge in [0.2, 0.25) is 5.95 Å². The number of fused-ring (bicyclic) bond motifs is 1. The van der Waals surface area contributed by atoms with Crippen molar-refractivity contribution in [2.24, 2.45) is 0 Å². The molecule has 8 heteroatoms. The molecule has 0 bridgehead atoms. The summed E-state index contributed by atoms with van der Waals surface area (Å²) in [6, 6.07) is 7.97. The molecule has 2 heterocycles. The van der Waals surface area contributed by atoms with E-state index in [1.165, 1.54) is 0 Å². The van der Waals surface area contributed by atoms with Gasteiger partial charge >= 0.3 is 0 Å². The third-order valence-electron chi connectivity index (χ3n) is 3.62. The van der Waals surface area contributed by atoms with Crippen LogP contribution in [0.4, 0.5) is 17.5 Å². The molecule has 0 amide bonds. The van der Waals surface area contributed by atoms with Crippen LogP contribution in [0, 0.1) is 0 Å². The monoisotopic (exact) mass is 343 g/mol. The summed E-state index contributed by atoms with van der Waals surface area (Å²) in [6.45, 7) is 4.80. The molecular weight excluding hydrogens is 326 g/mol. The van der Waals surface area contributed by atoms with Crippen LogP contribution in [0.5, 0.6) is 0 Å². The van der Waals surface area contributed by atoms with Gasteiger partial charge in [0.1, 0.15) is 0 Å². The molecule has 4 N–H and O–H groups in total. The Kier molecular flexibility index (Phi) is 4.35. The van der Waals surface area contributed by atoms with E-state index in [2.05, 4.69) is 38.7 Å². The Balaban J connectivity index is 1.95. The van der Waals surface area contributed by atoms with Gasteiger partial charge in [0.05, 0.1) is 18.4 Å². The van der Waals surface area contributed by atoms with Gasteiger partial charge < -0.3 is 16.4 Å². The van der Waals surface area contributed by atoms with E-state index in [4.69, 9.17) is 23.1 Å². The second-order valence-corrected chi connectivity index (χ2v) is 6.14. The lowest BCUT2D eigenvalue weighted by Gasteiger charge is -2.28. The van der Waals surface area contributed by atoms with Crippen LogP contribution in [0.15, 0.2) is 30.5 Å². The molecule has 0 aliphatic rings. The number of hydrogen-bond donors (Lipinski definition) is 2. The Hall–Kier alpha value is -2.67. The molecule has 3 aromatic rings. The number of aromatic nitrogens is 4. The highest BCUT2D eigenvalue weighted by atomic mass is 35.5. The number of anilines is 3. The summed E-state index contributed by atoms with van der Waals surface area (Å²) in [5.74, 6) is 0.321. The number of nitrogens with two attached hydrogens (primary N) is 2. The summed E-state index contributed by atoms with van der Waals surface area (Å²) in [6.07, 6.45) is 1.68. The largest absolute Gasteiger partial charge is 0.382 e. The third kappa shape index (κ3) is 3.30. The minimum absolute atomic E-state index is 0.0898. The van der Waals surface area contributed by atoms with Gasteiger partial charge in [-0.3, -0.25) is 0 Å². The molecule has 7 nitrogen and oxygen atoms in total. The summed E-state index contributed by atoms with van der Waals surface area (Å²) < 4.78 is 0. The third-order valence-corrected chi connectivity index (χ3v) is 3.87. The predicted octanol–water partition coefficient (Wildman–Crippen LogP) is 2.65.